The van der Waals surface area contributed by atoms with E-state index >= 15 is 0 Å². The van der Waals surface area contributed by atoms with E-state index in [0.717, 1.165) is 11.3 Å². The lowest BCUT2D eigenvalue weighted by atomic mass is 10.1. The van der Waals surface area contributed by atoms with Crippen molar-refractivity contribution in [1.82, 2.24) is 4.98 Å². The molecular weight excluding hydrogens is 291 g/mol. The molecule has 0 fully saturated rings. The van der Waals surface area contributed by atoms with Gasteiger partial charge in [-0.15, -0.1) is 0 Å². The summed E-state index contributed by atoms with van der Waals surface area (Å²) in [6.45, 7) is 3.73. The van der Waals surface area contributed by atoms with Crippen LogP contribution in [0.15, 0.2) is 24.3 Å². The van der Waals surface area contributed by atoms with Gasteiger partial charge in [-0.2, -0.15) is 0 Å². The van der Waals surface area contributed by atoms with Gasteiger partial charge in [-0.1, -0.05) is 36.5 Å². The maximum Gasteiger partial charge on any atom is 0.347 e. The molecule has 0 amide bonds. The van der Waals surface area contributed by atoms with Gasteiger partial charge in [0.05, 0.1) is 11.7 Å². The first kappa shape index (κ1) is 15.4. The zero-order valence-electron chi connectivity index (χ0n) is 12.1. The molecule has 0 saturated heterocycles. The molecule has 0 aliphatic rings. The Labute approximate surface area is 126 Å². The molecule has 0 bridgehead atoms. The molecule has 112 valence electrons. The number of carboxylic acids is 1. The van der Waals surface area contributed by atoms with Gasteiger partial charge in [0.25, 0.3) is 0 Å². The van der Waals surface area contributed by atoms with Gasteiger partial charge in [0.15, 0.2) is 5.13 Å². The van der Waals surface area contributed by atoms with E-state index in [-0.39, 0.29) is 16.7 Å². The van der Waals surface area contributed by atoms with Crippen LogP contribution in [0.5, 0.6) is 0 Å². The molecule has 0 aliphatic heterocycles. The van der Waals surface area contributed by atoms with E-state index in [9.17, 15) is 14.3 Å². The monoisotopic (exact) mass is 308 g/mol. The molecule has 1 aromatic carbocycles. The molecule has 1 atom stereocenters. The molecule has 2 rings (SSSR count). The lowest BCUT2D eigenvalue weighted by Gasteiger charge is -2.24. The number of anilines is 1. The molecule has 1 heterocycles. The smallest absolute Gasteiger partial charge is 0.347 e. The van der Waals surface area contributed by atoms with Gasteiger partial charge < -0.3 is 10.0 Å². The fourth-order valence-corrected chi connectivity index (χ4v) is 3.12. The highest BCUT2D eigenvalue weighted by molar-refractivity contribution is 7.17. The van der Waals surface area contributed by atoms with Crippen molar-refractivity contribution in [3.8, 4) is 0 Å². The van der Waals surface area contributed by atoms with Crippen molar-refractivity contribution in [2.75, 3.05) is 11.9 Å². The maximum atomic E-state index is 13.9. The Morgan fingerprint density at radius 3 is 2.67 bits per heavy atom. The topological polar surface area (TPSA) is 53.4 Å². The fraction of sp³-hybridized carbons (Fsp3) is 0.333. The Morgan fingerprint density at radius 2 is 2.14 bits per heavy atom. The molecule has 0 spiro atoms. The molecule has 6 heteroatoms. The Kier molecular flexibility index (Phi) is 4.57. The number of thiazole rings is 1. The number of hydrogen-bond donors (Lipinski definition) is 1. The van der Waals surface area contributed by atoms with Crippen LogP contribution in [0.1, 0.15) is 40.8 Å². The molecular formula is C15H17FN2O2S. The fourth-order valence-electron chi connectivity index (χ4n) is 2.09. The summed E-state index contributed by atoms with van der Waals surface area (Å²) in [5.41, 5.74) is 1.13. The second-order valence-electron chi connectivity index (χ2n) is 4.74. The lowest BCUT2D eigenvalue weighted by Crippen LogP contribution is -2.22. The number of hydrogen-bond acceptors (Lipinski definition) is 4. The number of carboxylic acid groups (broad SMARTS) is 1. The van der Waals surface area contributed by atoms with Gasteiger partial charge in [0, 0.05) is 12.6 Å². The van der Waals surface area contributed by atoms with Crippen molar-refractivity contribution in [1.29, 1.82) is 0 Å². The largest absolute Gasteiger partial charge is 0.477 e. The van der Waals surface area contributed by atoms with Crippen LogP contribution in [0.3, 0.4) is 0 Å². The molecule has 4 nitrogen and oxygen atoms in total. The summed E-state index contributed by atoms with van der Waals surface area (Å²) in [7, 11) is 1.79. The maximum absolute atomic E-state index is 13.9. The summed E-state index contributed by atoms with van der Waals surface area (Å²) in [5, 5.41) is 9.77. The lowest BCUT2D eigenvalue weighted by molar-refractivity contribution is 0.0701. The van der Waals surface area contributed by atoms with Crippen molar-refractivity contribution in [3.05, 3.63) is 46.2 Å². The van der Waals surface area contributed by atoms with Gasteiger partial charge in [-0.05, 0) is 19.4 Å². The van der Waals surface area contributed by atoms with E-state index in [2.05, 4.69) is 4.98 Å². The molecule has 21 heavy (non-hydrogen) atoms. The van der Waals surface area contributed by atoms with Gasteiger partial charge in [-0.25, -0.2) is 14.2 Å². The summed E-state index contributed by atoms with van der Waals surface area (Å²) in [6, 6.07) is 6.34. The minimum Gasteiger partial charge on any atom is -0.477 e. The average molecular weight is 308 g/mol. The number of carbonyl (C=O) groups is 1. The van der Waals surface area contributed by atoms with Crippen LogP contribution in [-0.2, 0) is 6.42 Å². The highest BCUT2D eigenvalue weighted by Gasteiger charge is 2.22. The highest BCUT2D eigenvalue weighted by Crippen LogP contribution is 2.32. The van der Waals surface area contributed by atoms with Gasteiger partial charge in [0.2, 0.25) is 0 Å². The third-order valence-corrected chi connectivity index (χ3v) is 4.63. The number of aryl methyl sites for hydroxylation is 1. The van der Waals surface area contributed by atoms with E-state index in [1.807, 2.05) is 13.8 Å². The predicted octanol–water partition coefficient (Wildman–Crippen LogP) is 3.74. The number of nitrogens with zero attached hydrogens (tertiary/aromatic N) is 2. The first-order valence-electron chi connectivity index (χ1n) is 6.66. The molecule has 0 radical (unpaired) electrons. The molecule has 1 aromatic heterocycles. The minimum absolute atomic E-state index is 0.233. The molecule has 0 aliphatic carbocycles. The number of aromatic carboxylic acids is 1. The van der Waals surface area contributed by atoms with E-state index in [4.69, 9.17) is 0 Å². The van der Waals surface area contributed by atoms with Crippen molar-refractivity contribution in [2.45, 2.75) is 26.3 Å². The molecule has 0 saturated carbocycles. The van der Waals surface area contributed by atoms with Crippen LogP contribution < -0.4 is 4.90 Å². The minimum atomic E-state index is -0.970. The average Bonchev–Trinajstić information content (AvgIpc) is 2.90. The van der Waals surface area contributed by atoms with Gasteiger partial charge >= 0.3 is 5.97 Å². The third kappa shape index (κ3) is 3.05. The van der Waals surface area contributed by atoms with Crippen LogP contribution in [0.2, 0.25) is 0 Å². The molecule has 2 aromatic rings. The summed E-state index contributed by atoms with van der Waals surface area (Å²) in [6.07, 6.45) is 0.556. The predicted molar refractivity (Wildman–Crippen MR) is 81.7 cm³/mol. The van der Waals surface area contributed by atoms with E-state index in [0.29, 0.717) is 22.8 Å². The normalized spacial score (nSPS) is 12.2. The standard InChI is InChI=1S/C15H17FN2O2S/c1-4-12-13(14(19)20)21-15(17-12)18(3)9(2)10-7-5-6-8-11(10)16/h5-9H,4H2,1-3H3,(H,19,20). The van der Waals surface area contributed by atoms with E-state index in [1.54, 1.807) is 30.1 Å². The zero-order valence-corrected chi connectivity index (χ0v) is 12.9. The summed E-state index contributed by atoms with van der Waals surface area (Å²) in [4.78, 5) is 17.6. The summed E-state index contributed by atoms with van der Waals surface area (Å²) < 4.78 is 13.9. The molecule has 1 N–H and O–H groups in total. The van der Waals surface area contributed by atoms with Crippen LogP contribution >= 0.6 is 11.3 Å². The Balaban J connectivity index is 2.34. The van der Waals surface area contributed by atoms with Crippen molar-refractivity contribution in [3.63, 3.8) is 0 Å². The number of rotatable bonds is 5. The van der Waals surface area contributed by atoms with Crippen LogP contribution in [0.4, 0.5) is 9.52 Å². The number of aromatic nitrogens is 1. The summed E-state index contributed by atoms with van der Waals surface area (Å²) >= 11 is 1.12. The Morgan fingerprint density at radius 1 is 1.48 bits per heavy atom. The van der Waals surface area contributed by atoms with Crippen molar-refractivity contribution in [2.24, 2.45) is 0 Å². The quantitative estimate of drug-likeness (QED) is 0.914. The first-order chi connectivity index (χ1) is 9.95. The third-order valence-electron chi connectivity index (χ3n) is 3.45. The Bertz CT molecular complexity index is 657. The van der Waals surface area contributed by atoms with Crippen LogP contribution in [0, 0.1) is 5.82 Å². The number of halogens is 1. The molecule has 1 unspecified atom stereocenters. The van der Waals surface area contributed by atoms with Crippen molar-refractivity contribution >= 4 is 22.4 Å². The SMILES string of the molecule is CCc1nc(N(C)C(C)c2ccccc2F)sc1C(=O)O. The highest BCUT2D eigenvalue weighted by atomic mass is 32.1. The van der Waals surface area contributed by atoms with E-state index in [1.165, 1.54) is 6.07 Å². The second-order valence-corrected chi connectivity index (χ2v) is 5.72. The van der Waals surface area contributed by atoms with Crippen LogP contribution in [0.25, 0.3) is 0 Å². The number of benzene rings is 1. The van der Waals surface area contributed by atoms with Gasteiger partial charge in [0.1, 0.15) is 10.7 Å². The second kappa shape index (κ2) is 6.22. The van der Waals surface area contributed by atoms with E-state index < -0.39 is 5.97 Å². The van der Waals surface area contributed by atoms with Gasteiger partial charge in [-0.3, -0.25) is 0 Å². The van der Waals surface area contributed by atoms with Crippen molar-refractivity contribution < 1.29 is 14.3 Å². The van der Waals surface area contributed by atoms with Crippen LogP contribution in [-0.4, -0.2) is 23.1 Å². The Hall–Kier alpha value is -1.95. The zero-order chi connectivity index (χ0) is 15.6. The first-order valence-corrected chi connectivity index (χ1v) is 7.47. The summed E-state index contributed by atoms with van der Waals surface area (Å²) in [5.74, 6) is -1.25.